The maximum absolute atomic E-state index is 11.6. The van der Waals surface area contributed by atoms with Gasteiger partial charge in [-0.2, -0.15) is 0 Å². The number of rotatable bonds is 4. The van der Waals surface area contributed by atoms with Gasteiger partial charge in [-0.3, -0.25) is 9.59 Å². The zero-order valence-electron chi connectivity index (χ0n) is 12.7. The van der Waals surface area contributed by atoms with Crippen LogP contribution in [-0.2, 0) is 16.0 Å². The predicted octanol–water partition coefficient (Wildman–Crippen LogP) is 3.21. The number of ketones is 1. The molecule has 20 heavy (non-hydrogen) atoms. The summed E-state index contributed by atoms with van der Waals surface area (Å²) in [6.45, 7) is 5.80. The van der Waals surface area contributed by atoms with Gasteiger partial charge >= 0.3 is 0 Å². The van der Waals surface area contributed by atoms with Crippen LogP contribution in [0.15, 0.2) is 24.3 Å². The minimum Gasteiger partial charge on any atom is -0.369 e. The minimum absolute atomic E-state index is 0.199. The van der Waals surface area contributed by atoms with E-state index >= 15 is 0 Å². The first kappa shape index (κ1) is 16.4. The Morgan fingerprint density at radius 2 is 1.90 bits per heavy atom. The van der Waals surface area contributed by atoms with Crippen LogP contribution >= 0.6 is 0 Å². The van der Waals surface area contributed by atoms with Gasteiger partial charge in [0.25, 0.3) is 0 Å². The second-order valence-corrected chi connectivity index (χ2v) is 5.13. The summed E-state index contributed by atoms with van der Waals surface area (Å²) in [5.74, 6) is 0.0230. The van der Waals surface area contributed by atoms with Gasteiger partial charge in [0.15, 0.2) is 0 Å². The zero-order valence-corrected chi connectivity index (χ0v) is 12.7. The topological polar surface area (TPSA) is 60.2 Å². The Bertz CT molecular complexity index is 451. The number of primary amides is 1. The number of carbonyl (C=O) groups excluding carboxylic acids is 2. The molecule has 0 saturated heterocycles. The van der Waals surface area contributed by atoms with Gasteiger partial charge in [0.2, 0.25) is 5.91 Å². The van der Waals surface area contributed by atoms with Crippen molar-refractivity contribution < 1.29 is 9.59 Å². The average molecular weight is 275 g/mol. The summed E-state index contributed by atoms with van der Waals surface area (Å²) in [6.07, 6.45) is 3.60. The van der Waals surface area contributed by atoms with Crippen molar-refractivity contribution in [2.45, 2.75) is 52.4 Å². The van der Waals surface area contributed by atoms with E-state index in [0.717, 1.165) is 36.8 Å². The molecular formula is C17H25NO2. The largest absolute Gasteiger partial charge is 0.369 e. The van der Waals surface area contributed by atoms with Crippen LogP contribution in [0.1, 0.15) is 57.1 Å². The molecule has 1 aromatic carbocycles. The number of benzene rings is 1. The van der Waals surface area contributed by atoms with Crippen molar-refractivity contribution in [3.8, 4) is 0 Å². The second kappa shape index (κ2) is 7.83. The summed E-state index contributed by atoms with van der Waals surface area (Å²) in [4.78, 5) is 22.7. The number of carbonyl (C=O) groups is 2. The third-order valence-electron chi connectivity index (χ3n) is 3.82. The summed E-state index contributed by atoms with van der Waals surface area (Å²) in [5, 5.41) is 0. The van der Waals surface area contributed by atoms with E-state index < -0.39 is 0 Å². The van der Waals surface area contributed by atoms with Crippen LogP contribution in [0.4, 0.5) is 0 Å². The van der Waals surface area contributed by atoms with Crippen LogP contribution in [0.25, 0.3) is 0 Å². The summed E-state index contributed by atoms with van der Waals surface area (Å²) < 4.78 is 0. The Hall–Kier alpha value is -1.64. The summed E-state index contributed by atoms with van der Waals surface area (Å²) in [6, 6.07) is 7.87. The smallest absolute Gasteiger partial charge is 0.224 e. The lowest BCUT2D eigenvalue weighted by Crippen LogP contribution is -2.18. The predicted molar refractivity (Wildman–Crippen MR) is 81.5 cm³/mol. The number of Topliss-reactive ketones (excluding diaryl/α,β-unsaturated/α-hetero) is 1. The molecule has 0 aromatic heterocycles. The van der Waals surface area contributed by atoms with Crippen molar-refractivity contribution in [1.29, 1.82) is 0 Å². The molecule has 0 aliphatic heterocycles. The molecule has 1 fully saturated rings. The van der Waals surface area contributed by atoms with E-state index in [1.54, 1.807) is 6.92 Å². The highest BCUT2D eigenvalue weighted by atomic mass is 16.1. The van der Waals surface area contributed by atoms with Crippen molar-refractivity contribution in [2.75, 3.05) is 0 Å². The van der Waals surface area contributed by atoms with Gasteiger partial charge in [-0.25, -0.2) is 0 Å². The number of nitrogens with two attached hydrogens (primary N) is 1. The van der Waals surface area contributed by atoms with Gasteiger partial charge in [0.05, 0.1) is 5.92 Å². The summed E-state index contributed by atoms with van der Waals surface area (Å²) in [5.41, 5.74) is 7.37. The van der Waals surface area contributed by atoms with Gasteiger partial charge in [-0.05, 0) is 37.3 Å². The van der Waals surface area contributed by atoms with E-state index in [4.69, 9.17) is 5.73 Å². The zero-order chi connectivity index (χ0) is 15.1. The van der Waals surface area contributed by atoms with E-state index in [1.807, 2.05) is 38.1 Å². The van der Waals surface area contributed by atoms with E-state index in [1.165, 1.54) is 0 Å². The van der Waals surface area contributed by atoms with Crippen molar-refractivity contribution in [3.05, 3.63) is 35.4 Å². The molecule has 0 radical (unpaired) electrons. The fraction of sp³-hybridized carbons (Fsp3) is 0.529. The van der Waals surface area contributed by atoms with E-state index in [9.17, 15) is 9.59 Å². The van der Waals surface area contributed by atoms with Crippen LogP contribution in [0.3, 0.4) is 0 Å². The number of hydrogen-bond donors (Lipinski definition) is 1. The van der Waals surface area contributed by atoms with Crippen LogP contribution in [0.2, 0.25) is 0 Å². The fourth-order valence-electron chi connectivity index (χ4n) is 2.49. The molecule has 2 N–H and O–H groups in total. The highest BCUT2D eigenvalue weighted by molar-refractivity contribution is 5.83. The Balaban J connectivity index is 0.000000956. The quantitative estimate of drug-likeness (QED) is 0.917. The lowest BCUT2D eigenvalue weighted by atomic mass is 9.94. The van der Waals surface area contributed by atoms with E-state index in [0.29, 0.717) is 5.78 Å². The molecule has 2 unspecified atom stereocenters. The van der Waals surface area contributed by atoms with Crippen molar-refractivity contribution in [3.63, 3.8) is 0 Å². The molecule has 0 heterocycles. The van der Waals surface area contributed by atoms with Crippen molar-refractivity contribution >= 4 is 11.7 Å². The Labute approximate surface area is 121 Å². The maximum Gasteiger partial charge on any atom is 0.224 e. The van der Waals surface area contributed by atoms with Crippen molar-refractivity contribution in [1.82, 2.24) is 0 Å². The Kier molecular flexibility index (Phi) is 6.43. The van der Waals surface area contributed by atoms with Crippen LogP contribution in [0.5, 0.6) is 0 Å². The SMILES string of the molecule is CC.CC(C(N)=O)c1ccc(CC2CCCC2=O)cc1. The number of hydrogen-bond acceptors (Lipinski definition) is 2. The highest BCUT2D eigenvalue weighted by Crippen LogP contribution is 2.25. The van der Waals surface area contributed by atoms with Gasteiger partial charge in [0, 0.05) is 12.3 Å². The molecule has 2 atom stereocenters. The second-order valence-electron chi connectivity index (χ2n) is 5.13. The van der Waals surface area contributed by atoms with E-state index in [2.05, 4.69) is 0 Å². The third kappa shape index (κ3) is 4.19. The van der Waals surface area contributed by atoms with Gasteiger partial charge in [-0.15, -0.1) is 0 Å². The third-order valence-corrected chi connectivity index (χ3v) is 3.82. The van der Waals surface area contributed by atoms with Gasteiger partial charge < -0.3 is 5.73 Å². The van der Waals surface area contributed by atoms with Crippen LogP contribution in [0, 0.1) is 5.92 Å². The first-order valence-corrected chi connectivity index (χ1v) is 7.49. The number of amides is 1. The maximum atomic E-state index is 11.6. The molecule has 1 amide bonds. The highest BCUT2D eigenvalue weighted by Gasteiger charge is 2.24. The van der Waals surface area contributed by atoms with Crippen LogP contribution in [-0.4, -0.2) is 11.7 Å². The lowest BCUT2D eigenvalue weighted by Gasteiger charge is -2.11. The average Bonchev–Trinajstić information content (AvgIpc) is 2.86. The first-order chi connectivity index (χ1) is 9.58. The monoisotopic (exact) mass is 275 g/mol. The molecular weight excluding hydrogens is 250 g/mol. The van der Waals surface area contributed by atoms with Gasteiger partial charge in [-0.1, -0.05) is 38.1 Å². The molecule has 0 spiro atoms. The Morgan fingerprint density at radius 3 is 2.35 bits per heavy atom. The van der Waals surface area contributed by atoms with E-state index in [-0.39, 0.29) is 17.7 Å². The Morgan fingerprint density at radius 1 is 1.30 bits per heavy atom. The van der Waals surface area contributed by atoms with Gasteiger partial charge in [0.1, 0.15) is 5.78 Å². The molecule has 1 aliphatic rings. The molecule has 1 aromatic rings. The summed E-state index contributed by atoms with van der Waals surface area (Å²) in [7, 11) is 0. The molecule has 2 rings (SSSR count). The normalized spacial score (nSPS) is 19.1. The van der Waals surface area contributed by atoms with Crippen LogP contribution < -0.4 is 5.73 Å². The molecule has 3 nitrogen and oxygen atoms in total. The first-order valence-electron chi connectivity index (χ1n) is 7.49. The summed E-state index contributed by atoms with van der Waals surface area (Å²) >= 11 is 0. The van der Waals surface area contributed by atoms with Crippen molar-refractivity contribution in [2.24, 2.45) is 11.7 Å². The molecule has 1 saturated carbocycles. The fourth-order valence-corrected chi connectivity index (χ4v) is 2.49. The molecule has 1 aliphatic carbocycles. The standard InChI is InChI=1S/C15H19NO2.C2H6/c1-10(15(16)18)12-7-5-11(6-8-12)9-13-3-2-4-14(13)17;1-2/h5-8,10,13H,2-4,9H2,1H3,(H2,16,18);1-2H3. The lowest BCUT2D eigenvalue weighted by molar-refractivity contribution is -0.120. The molecule has 110 valence electrons. The minimum atomic E-state index is -0.311. The molecule has 0 bridgehead atoms. The molecule has 3 heteroatoms.